The van der Waals surface area contributed by atoms with Crippen molar-refractivity contribution < 1.29 is 19.0 Å². The monoisotopic (exact) mass is 281 g/mol. The number of rotatable bonds is 7. The molecule has 5 nitrogen and oxygen atoms in total. The lowest BCUT2D eigenvalue weighted by Crippen LogP contribution is -2.25. The van der Waals surface area contributed by atoms with Crippen LogP contribution in [0.1, 0.15) is 30.6 Å². The van der Waals surface area contributed by atoms with Gasteiger partial charge in [0.1, 0.15) is 0 Å². The van der Waals surface area contributed by atoms with Crippen molar-refractivity contribution in [2.24, 2.45) is 5.92 Å². The van der Waals surface area contributed by atoms with Crippen molar-refractivity contribution in [3.05, 3.63) is 17.7 Å². The average Bonchev–Trinajstić information content (AvgIpc) is 2.44. The second-order valence-electron chi connectivity index (χ2n) is 4.82. The van der Waals surface area contributed by atoms with Crippen LogP contribution >= 0.6 is 0 Å². The summed E-state index contributed by atoms with van der Waals surface area (Å²) in [5.41, 5.74) is 0.439. The van der Waals surface area contributed by atoms with Crippen LogP contribution in [-0.2, 0) is 0 Å². The molecule has 5 heteroatoms. The molecular formula is C15H23NO4. The Morgan fingerprint density at radius 1 is 1.10 bits per heavy atom. The highest BCUT2D eigenvalue weighted by molar-refractivity contribution is 5.98. The Balaban J connectivity index is 2.97. The second-order valence-corrected chi connectivity index (χ2v) is 4.82. The van der Waals surface area contributed by atoms with Gasteiger partial charge in [0, 0.05) is 6.54 Å². The molecule has 0 aliphatic carbocycles. The van der Waals surface area contributed by atoms with E-state index in [9.17, 15) is 4.79 Å². The fourth-order valence-electron chi connectivity index (χ4n) is 1.85. The van der Waals surface area contributed by atoms with E-state index >= 15 is 0 Å². The van der Waals surface area contributed by atoms with Gasteiger partial charge < -0.3 is 19.5 Å². The van der Waals surface area contributed by atoms with E-state index in [-0.39, 0.29) is 5.91 Å². The summed E-state index contributed by atoms with van der Waals surface area (Å²) in [6.45, 7) is 4.86. The zero-order chi connectivity index (χ0) is 15.1. The van der Waals surface area contributed by atoms with Gasteiger partial charge in [0.25, 0.3) is 5.91 Å². The molecule has 1 rings (SSSR count). The molecule has 0 radical (unpaired) electrons. The lowest BCUT2D eigenvalue weighted by molar-refractivity contribution is 0.0948. The van der Waals surface area contributed by atoms with Gasteiger partial charge >= 0.3 is 0 Å². The lowest BCUT2D eigenvalue weighted by Gasteiger charge is -2.15. The number of hydrogen-bond donors (Lipinski definition) is 1. The quantitative estimate of drug-likeness (QED) is 0.834. The average molecular weight is 281 g/mol. The molecule has 1 aromatic rings. The molecule has 20 heavy (non-hydrogen) atoms. The van der Waals surface area contributed by atoms with Gasteiger partial charge in [0.15, 0.2) is 11.5 Å². The summed E-state index contributed by atoms with van der Waals surface area (Å²) in [6.07, 6.45) is 0.932. The number of carbonyl (C=O) groups excluding carboxylic acids is 1. The van der Waals surface area contributed by atoms with Crippen molar-refractivity contribution in [1.29, 1.82) is 0 Å². The number of hydrogen-bond acceptors (Lipinski definition) is 4. The Kier molecular flexibility index (Phi) is 6.15. The van der Waals surface area contributed by atoms with Crippen LogP contribution in [0, 0.1) is 5.92 Å². The molecule has 0 saturated heterocycles. The summed E-state index contributed by atoms with van der Waals surface area (Å²) < 4.78 is 15.7. The van der Waals surface area contributed by atoms with Crippen LogP contribution < -0.4 is 19.5 Å². The molecule has 0 atom stereocenters. The molecule has 0 aliphatic heterocycles. The molecule has 0 fully saturated rings. The van der Waals surface area contributed by atoms with Crippen LogP contribution in [0.3, 0.4) is 0 Å². The van der Waals surface area contributed by atoms with Crippen molar-refractivity contribution in [3.63, 3.8) is 0 Å². The molecule has 1 N–H and O–H groups in total. The minimum atomic E-state index is -0.177. The van der Waals surface area contributed by atoms with Crippen molar-refractivity contribution >= 4 is 5.91 Å². The van der Waals surface area contributed by atoms with E-state index < -0.39 is 0 Å². The molecule has 112 valence electrons. The lowest BCUT2D eigenvalue weighted by atomic mass is 10.1. The predicted molar refractivity (Wildman–Crippen MR) is 77.9 cm³/mol. The first kappa shape index (κ1) is 16.1. The molecule has 0 unspecified atom stereocenters. The Bertz CT molecular complexity index is 457. The van der Waals surface area contributed by atoms with E-state index in [1.807, 2.05) is 0 Å². The second kappa shape index (κ2) is 7.62. The molecule has 1 amide bonds. The van der Waals surface area contributed by atoms with Gasteiger partial charge in [-0.15, -0.1) is 0 Å². The minimum Gasteiger partial charge on any atom is -0.493 e. The molecule has 0 spiro atoms. The number of amides is 1. The molecule has 0 bridgehead atoms. The summed E-state index contributed by atoms with van der Waals surface area (Å²) >= 11 is 0. The first-order valence-corrected chi connectivity index (χ1v) is 6.62. The molecule has 0 heterocycles. The van der Waals surface area contributed by atoms with Crippen LogP contribution in [0.25, 0.3) is 0 Å². The first-order chi connectivity index (χ1) is 9.54. The Hall–Kier alpha value is -1.91. The topological polar surface area (TPSA) is 56.8 Å². The first-order valence-electron chi connectivity index (χ1n) is 6.62. The summed E-state index contributed by atoms with van der Waals surface area (Å²) in [7, 11) is 4.56. The van der Waals surface area contributed by atoms with Crippen molar-refractivity contribution in [2.45, 2.75) is 20.3 Å². The standard InChI is InChI=1S/C15H23NO4/c1-10(2)8-9-16-15(17)11-6-7-12(18-3)14(20-5)13(11)19-4/h6-7,10H,8-9H2,1-5H3,(H,16,17). The summed E-state index contributed by atoms with van der Waals surface area (Å²) in [5, 5.41) is 2.88. The fraction of sp³-hybridized carbons (Fsp3) is 0.533. The molecular weight excluding hydrogens is 258 g/mol. The maximum atomic E-state index is 12.2. The van der Waals surface area contributed by atoms with Crippen LogP contribution in [0.5, 0.6) is 17.2 Å². The smallest absolute Gasteiger partial charge is 0.255 e. The molecule has 0 saturated carbocycles. The third-order valence-electron chi connectivity index (χ3n) is 2.96. The zero-order valence-electron chi connectivity index (χ0n) is 12.8. The van der Waals surface area contributed by atoms with Gasteiger partial charge in [-0.1, -0.05) is 13.8 Å². The van der Waals surface area contributed by atoms with Crippen molar-refractivity contribution in [2.75, 3.05) is 27.9 Å². The third kappa shape index (κ3) is 3.79. The van der Waals surface area contributed by atoms with E-state index in [1.54, 1.807) is 19.2 Å². The van der Waals surface area contributed by atoms with Gasteiger partial charge in [-0.05, 0) is 24.5 Å². The number of carbonyl (C=O) groups is 1. The normalized spacial score (nSPS) is 10.3. The summed E-state index contributed by atoms with van der Waals surface area (Å²) in [4.78, 5) is 12.2. The number of benzene rings is 1. The maximum Gasteiger partial charge on any atom is 0.255 e. The van der Waals surface area contributed by atoms with Crippen LogP contribution in [0.15, 0.2) is 12.1 Å². The number of ether oxygens (including phenoxy) is 3. The highest BCUT2D eigenvalue weighted by atomic mass is 16.5. The van der Waals surface area contributed by atoms with Gasteiger partial charge in [-0.3, -0.25) is 4.79 Å². The van der Waals surface area contributed by atoms with Gasteiger partial charge in [0.2, 0.25) is 5.75 Å². The third-order valence-corrected chi connectivity index (χ3v) is 2.96. The highest BCUT2D eigenvalue weighted by Gasteiger charge is 2.20. The van der Waals surface area contributed by atoms with Crippen LogP contribution in [-0.4, -0.2) is 33.8 Å². The number of methoxy groups -OCH3 is 3. The SMILES string of the molecule is COc1ccc(C(=O)NCCC(C)C)c(OC)c1OC. The van der Waals surface area contributed by atoms with E-state index in [0.717, 1.165) is 6.42 Å². The van der Waals surface area contributed by atoms with Gasteiger partial charge in [-0.2, -0.15) is 0 Å². The van der Waals surface area contributed by atoms with Crippen LogP contribution in [0.2, 0.25) is 0 Å². The Morgan fingerprint density at radius 3 is 2.25 bits per heavy atom. The van der Waals surface area contributed by atoms with E-state index in [4.69, 9.17) is 14.2 Å². The zero-order valence-corrected chi connectivity index (χ0v) is 12.8. The van der Waals surface area contributed by atoms with Crippen molar-refractivity contribution in [3.8, 4) is 17.2 Å². The fourth-order valence-corrected chi connectivity index (χ4v) is 1.85. The summed E-state index contributed by atoms with van der Waals surface area (Å²) in [6, 6.07) is 3.36. The van der Waals surface area contributed by atoms with E-state index in [0.29, 0.717) is 35.3 Å². The number of nitrogens with one attached hydrogen (secondary N) is 1. The predicted octanol–water partition coefficient (Wildman–Crippen LogP) is 2.49. The largest absolute Gasteiger partial charge is 0.493 e. The molecule has 1 aromatic carbocycles. The summed E-state index contributed by atoms with van der Waals surface area (Å²) in [5.74, 6) is 1.70. The molecule has 0 aromatic heterocycles. The van der Waals surface area contributed by atoms with E-state index in [1.165, 1.54) is 14.2 Å². The Labute approximate surface area is 120 Å². The van der Waals surface area contributed by atoms with Gasteiger partial charge in [0.05, 0.1) is 26.9 Å². The highest BCUT2D eigenvalue weighted by Crippen LogP contribution is 2.39. The van der Waals surface area contributed by atoms with E-state index in [2.05, 4.69) is 19.2 Å². The van der Waals surface area contributed by atoms with Crippen molar-refractivity contribution in [1.82, 2.24) is 5.32 Å². The minimum absolute atomic E-state index is 0.177. The van der Waals surface area contributed by atoms with Gasteiger partial charge in [-0.25, -0.2) is 0 Å². The van der Waals surface area contributed by atoms with Crippen LogP contribution in [0.4, 0.5) is 0 Å². The molecule has 0 aliphatic rings. The maximum absolute atomic E-state index is 12.2. The Morgan fingerprint density at radius 2 is 1.75 bits per heavy atom.